The summed E-state index contributed by atoms with van der Waals surface area (Å²) in [5.41, 5.74) is 6.46. The average Bonchev–Trinajstić information content (AvgIpc) is 2.80. The lowest BCUT2D eigenvalue weighted by Gasteiger charge is -2.28. The lowest BCUT2D eigenvalue weighted by molar-refractivity contribution is -0.160. The number of ether oxygens (including phenoxy) is 1. The number of pyridine rings is 1. The molecule has 0 spiro atoms. The minimum Gasteiger partial charge on any atom is -0.460 e. The van der Waals surface area contributed by atoms with Gasteiger partial charge in [-0.05, 0) is 51.5 Å². The molecule has 1 fully saturated rings. The molecule has 3 N–H and O–H groups in total. The zero-order valence-corrected chi connectivity index (χ0v) is 13.9. The normalized spacial score (nSPS) is 21.5. The Kier molecular flexibility index (Phi) is 4.97. The Bertz CT molecular complexity index is 544. The van der Waals surface area contributed by atoms with Gasteiger partial charge in [0.1, 0.15) is 5.60 Å². The number of carbonyl (C=O) groups is 1. The number of anilines is 1. The fraction of sp³-hybridized carbons (Fsp3) is 0.533. The number of rotatable bonds is 2. The van der Waals surface area contributed by atoms with Gasteiger partial charge in [0, 0.05) is 12.7 Å². The SMILES string of the molecule is CC(C)(C)OC(=O)C1CCN(C(=S)Nc2cccnc2)[C@@H]1N. The van der Waals surface area contributed by atoms with E-state index >= 15 is 0 Å². The van der Waals surface area contributed by atoms with E-state index in [9.17, 15) is 4.79 Å². The first-order valence-electron chi connectivity index (χ1n) is 7.24. The topological polar surface area (TPSA) is 80.5 Å². The smallest absolute Gasteiger partial charge is 0.313 e. The summed E-state index contributed by atoms with van der Waals surface area (Å²) in [4.78, 5) is 18.0. The molecule has 1 saturated heterocycles. The number of nitrogens with zero attached hydrogens (tertiary/aromatic N) is 2. The van der Waals surface area contributed by atoms with Crippen LogP contribution in [0.25, 0.3) is 0 Å². The van der Waals surface area contributed by atoms with Crippen molar-refractivity contribution in [2.45, 2.75) is 39.0 Å². The second-order valence-electron chi connectivity index (χ2n) is 6.28. The molecular formula is C15H22N4O2S. The summed E-state index contributed by atoms with van der Waals surface area (Å²) in [6.07, 6.45) is 3.52. The average molecular weight is 322 g/mol. The van der Waals surface area contributed by atoms with Crippen molar-refractivity contribution in [3.8, 4) is 0 Å². The monoisotopic (exact) mass is 322 g/mol. The van der Waals surface area contributed by atoms with Crippen LogP contribution in [0.15, 0.2) is 24.5 Å². The van der Waals surface area contributed by atoms with Crippen LogP contribution in [0.2, 0.25) is 0 Å². The van der Waals surface area contributed by atoms with E-state index in [1.807, 2.05) is 37.8 Å². The number of carbonyl (C=O) groups excluding carboxylic acids is 1. The molecular weight excluding hydrogens is 300 g/mol. The fourth-order valence-corrected chi connectivity index (χ4v) is 2.65. The third-order valence-corrected chi connectivity index (χ3v) is 3.67. The minimum absolute atomic E-state index is 0.272. The first kappa shape index (κ1) is 16.6. The highest BCUT2D eigenvalue weighted by molar-refractivity contribution is 7.80. The molecule has 1 aliphatic heterocycles. The summed E-state index contributed by atoms with van der Waals surface area (Å²) in [6.45, 7) is 6.16. The van der Waals surface area contributed by atoms with Gasteiger partial charge in [-0.2, -0.15) is 0 Å². The van der Waals surface area contributed by atoms with Crippen molar-refractivity contribution in [1.29, 1.82) is 0 Å². The van der Waals surface area contributed by atoms with Crippen molar-refractivity contribution in [2.24, 2.45) is 11.7 Å². The van der Waals surface area contributed by atoms with Crippen LogP contribution in [-0.4, -0.2) is 39.3 Å². The van der Waals surface area contributed by atoms with Crippen molar-refractivity contribution >= 4 is 29.0 Å². The van der Waals surface area contributed by atoms with Crippen molar-refractivity contribution in [3.05, 3.63) is 24.5 Å². The van der Waals surface area contributed by atoms with E-state index in [4.69, 9.17) is 22.7 Å². The van der Waals surface area contributed by atoms with Gasteiger partial charge in [0.25, 0.3) is 0 Å². The highest BCUT2D eigenvalue weighted by Gasteiger charge is 2.39. The van der Waals surface area contributed by atoms with E-state index < -0.39 is 11.8 Å². The minimum atomic E-state index is -0.515. The van der Waals surface area contributed by atoms with Gasteiger partial charge >= 0.3 is 5.97 Å². The Morgan fingerprint density at radius 1 is 1.55 bits per heavy atom. The van der Waals surface area contributed by atoms with Crippen LogP contribution in [0.3, 0.4) is 0 Å². The largest absolute Gasteiger partial charge is 0.460 e. The number of nitrogens with one attached hydrogen (secondary N) is 1. The summed E-state index contributed by atoms with van der Waals surface area (Å²) < 4.78 is 5.42. The maximum Gasteiger partial charge on any atom is 0.313 e. The summed E-state index contributed by atoms with van der Waals surface area (Å²) in [5.74, 6) is -0.639. The maximum absolute atomic E-state index is 12.2. The molecule has 0 aromatic carbocycles. The predicted molar refractivity (Wildman–Crippen MR) is 89.1 cm³/mol. The van der Waals surface area contributed by atoms with Crippen LogP contribution in [0.5, 0.6) is 0 Å². The molecule has 1 aliphatic rings. The first-order chi connectivity index (χ1) is 10.3. The molecule has 2 rings (SSSR count). The molecule has 2 atom stereocenters. The molecule has 2 heterocycles. The van der Waals surface area contributed by atoms with Gasteiger partial charge in [-0.3, -0.25) is 9.78 Å². The van der Waals surface area contributed by atoms with Gasteiger partial charge in [-0.15, -0.1) is 0 Å². The number of hydrogen-bond acceptors (Lipinski definition) is 5. The quantitative estimate of drug-likeness (QED) is 0.634. The van der Waals surface area contributed by atoms with Crippen molar-refractivity contribution < 1.29 is 9.53 Å². The predicted octanol–water partition coefficient (Wildman–Crippen LogP) is 1.73. The molecule has 0 saturated carbocycles. The van der Waals surface area contributed by atoms with Crippen molar-refractivity contribution in [3.63, 3.8) is 0 Å². The third kappa shape index (κ3) is 4.14. The number of thiocarbonyl (C=S) groups is 1. The highest BCUT2D eigenvalue weighted by Crippen LogP contribution is 2.25. The number of aromatic nitrogens is 1. The number of nitrogens with two attached hydrogens (primary N) is 1. The van der Waals surface area contributed by atoms with Gasteiger partial charge in [0.15, 0.2) is 5.11 Å². The summed E-state index contributed by atoms with van der Waals surface area (Å²) in [7, 11) is 0. The number of likely N-dealkylation sites (tertiary alicyclic amines) is 1. The molecule has 120 valence electrons. The Balaban J connectivity index is 1.97. The van der Waals surface area contributed by atoms with E-state index in [-0.39, 0.29) is 11.9 Å². The van der Waals surface area contributed by atoms with Crippen molar-refractivity contribution in [1.82, 2.24) is 9.88 Å². The molecule has 6 nitrogen and oxygen atoms in total. The Hall–Kier alpha value is -1.73. The molecule has 0 bridgehead atoms. The summed E-state index contributed by atoms with van der Waals surface area (Å²) >= 11 is 5.38. The van der Waals surface area contributed by atoms with Crippen LogP contribution < -0.4 is 11.1 Å². The lowest BCUT2D eigenvalue weighted by Crippen LogP contribution is -2.48. The van der Waals surface area contributed by atoms with Gasteiger partial charge in [0.05, 0.1) is 24.0 Å². The molecule has 0 aliphatic carbocycles. The summed E-state index contributed by atoms with van der Waals surface area (Å²) in [6, 6.07) is 3.69. The molecule has 1 aromatic heterocycles. The molecule has 22 heavy (non-hydrogen) atoms. The van der Waals surface area contributed by atoms with E-state index in [2.05, 4.69) is 10.3 Å². The molecule has 7 heteroatoms. The van der Waals surface area contributed by atoms with Crippen LogP contribution in [0.1, 0.15) is 27.2 Å². The highest BCUT2D eigenvalue weighted by atomic mass is 32.1. The van der Waals surface area contributed by atoms with Gasteiger partial charge in [-0.25, -0.2) is 0 Å². The van der Waals surface area contributed by atoms with Crippen LogP contribution >= 0.6 is 12.2 Å². The van der Waals surface area contributed by atoms with Crippen LogP contribution in [0.4, 0.5) is 5.69 Å². The zero-order chi connectivity index (χ0) is 16.3. The Morgan fingerprint density at radius 2 is 2.27 bits per heavy atom. The van der Waals surface area contributed by atoms with E-state index in [0.717, 1.165) is 5.69 Å². The van der Waals surface area contributed by atoms with Crippen LogP contribution in [-0.2, 0) is 9.53 Å². The van der Waals surface area contributed by atoms with Crippen LogP contribution in [0, 0.1) is 5.92 Å². The van der Waals surface area contributed by atoms with Gasteiger partial charge in [-0.1, -0.05) is 0 Å². The number of esters is 1. The zero-order valence-electron chi connectivity index (χ0n) is 13.1. The first-order valence-corrected chi connectivity index (χ1v) is 7.65. The second-order valence-corrected chi connectivity index (χ2v) is 6.67. The third-order valence-electron chi connectivity index (χ3n) is 3.34. The Morgan fingerprint density at radius 3 is 2.86 bits per heavy atom. The van der Waals surface area contributed by atoms with E-state index in [0.29, 0.717) is 18.1 Å². The van der Waals surface area contributed by atoms with E-state index in [1.165, 1.54) is 0 Å². The van der Waals surface area contributed by atoms with E-state index in [1.54, 1.807) is 12.4 Å². The Labute approximate surface area is 136 Å². The lowest BCUT2D eigenvalue weighted by atomic mass is 10.1. The number of hydrogen-bond donors (Lipinski definition) is 2. The maximum atomic E-state index is 12.2. The molecule has 0 radical (unpaired) electrons. The van der Waals surface area contributed by atoms with Gasteiger partial charge < -0.3 is 20.7 Å². The summed E-state index contributed by atoms with van der Waals surface area (Å²) in [5, 5.41) is 3.58. The molecule has 1 unspecified atom stereocenters. The standard InChI is InChI=1S/C15H22N4O2S/c1-15(2,3)21-13(20)11-6-8-19(12(11)16)14(22)18-10-5-4-7-17-9-10/h4-5,7,9,11-12H,6,8,16H2,1-3H3,(H,18,22)/t11?,12-/m0/s1. The van der Waals surface area contributed by atoms with Gasteiger partial charge in [0.2, 0.25) is 0 Å². The molecule has 0 amide bonds. The van der Waals surface area contributed by atoms with Crippen molar-refractivity contribution in [2.75, 3.05) is 11.9 Å². The molecule has 1 aromatic rings. The fourth-order valence-electron chi connectivity index (χ4n) is 2.32. The second kappa shape index (κ2) is 6.58.